The lowest BCUT2D eigenvalue weighted by Crippen LogP contribution is -2.16. The van der Waals surface area contributed by atoms with Crippen molar-refractivity contribution in [3.8, 4) is 0 Å². The van der Waals surface area contributed by atoms with Gasteiger partial charge in [0.1, 0.15) is 5.03 Å². The summed E-state index contributed by atoms with van der Waals surface area (Å²) >= 11 is 1.14. The number of pyridine rings is 2. The number of carbonyl (C=O) groups is 1. The van der Waals surface area contributed by atoms with E-state index in [1.807, 2.05) is 54.7 Å². The number of amides is 1. The minimum Gasteiger partial charge on any atom is -0.339 e. The van der Waals surface area contributed by atoms with Crippen molar-refractivity contribution in [2.24, 2.45) is 0 Å². The van der Waals surface area contributed by atoms with Gasteiger partial charge in [0, 0.05) is 31.1 Å². The normalized spacial score (nSPS) is 11.4. The van der Waals surface area contributed by atoms with E-state index in [1.165, 1.54) is 0 Å². The molecule has 2 aromatic carbocycles. The van der Waals surface area contributed by atoms with Gasteiger partial charge in [0.2, 0.25) is 0 Å². The van der Waals surface area contributed by atoms with Crippen LogP contribution in [-0.4, -0.2) is 34.2 Å². The SMILES string of the molecule is CN(C)C(=O)Sc1cc(/C=C/c2ccnc3ccccc23)c2ccccc2n1. The number of fused-ring (bicyclic) bond motifs is 2. The van der Waals surface area contributed by atoms with Crippen LogP contribution in [0, 0.1) is 0 Å². The highest BCUT2D eigenvalue weighted by Crippen LogP contribution is 2.27. The van der Waals surface area contributed by atoms with Gasteiger partial charge in [-0.25, -0.2) is 4.98 Å². The summed E-state index contributed by atoms with van der Waals surface area (Å²) in [5.41, 5.74) is 3.97. The number of hydrogen-bond acceptors (Lipinski definition) is 4. The van der Waals surface area contributed by atoms with Crippen molar-refractivity contribution in [1.29, 1.82) is 0 Å². The maximum absolute atomic E-state index is 12.1. The Bertz CT molecular complexity index is 1200. The van der Waals surface area contributed by atoms with Crippen molar-refractivity contribution in [2.45, 2.75) is 5.03 Å². The van der Waals surface area contributed by atoms with E-state index in [-0.39, 0.29) is 5.24 Å². The molecule has 0 saturated heterocycles. The molecule has 0 atom stereocenters. The van der Waals surface area contributed by atoms with Gasteiger partial charge in [0.05, 0.1) is 11.0 Å². The first-order valence-electron chi connectivity index (χ1n) is 8.92. The molecule has 0 aliphatic carbocycles. The van der Waals surface area contributed by atoms with Crippen molar-refractivity contribution >= 4 is 51.0 Å². The Morgan fingerprint density at radius 3 is 2.29 bits per heavy atom. The van der Waals surface area contributed by atoms with Crippen molar-refractivity contribution < 1.29 is 4.79 Å². The van der Waals surface area contributed by atoms with Gasteiger partial charge in [0.15, 0.2) is 0 Å². The summed E-state index contributed by atoms with van der Waals surface area (Å²) in [6.07, 6.45) is 5.99. The highest BCUT2D eigenvalue weighted by Gasteiger charge is 2.11. The second-order valence-corrected chi connectivity index (χ2v) is 7.55. The van der Waals surface area contributed by atoms with Crippen LogP contribution in [0.1, 0.15) is 11.1 Å². The molecule has 0 N–H and O–H groups in total. The van der Waals surface area contributed by atoms with Gasteiger partial charge >= 0.3 is 0 Å². The van der Waals surface area contributed by atoms with Crippen molar-refractivity contribution in [3.63, 3.8) is 0 Å². The molecular weight excluding hydrogens is 366 g/mol. The molecule has 5 heteroatoms. The summed E-state index contributed by atoms with van der Waals surface area (Å²) < 4.78 is 0. The van der Waals surface area contributed by atoms with E-state index in [2.05, 4.69) is 34.3 Å². The van der Waals surface area contributed by atoms with Gasteiger partial charge in [0.25, 0.3) is 5.24 Å². The van der Waals surface area contributed by atoms with Gasteiger partial charge in [-0.3, -0.25) is 9.78 Å². The minimum atomic E-state index is -0.0437. The smallest absolute Gasteiger partial charge is 0.287 e. The van der Waals surface area contributed by atoms with E-state index in [1.54, 1.807) is 19.0 Å². The third kappa shape index (κ3) is 3.75. The molecule has 1 amide bonds. The number of nitrogens with zero attached hydrogens (tertiary/aromatic N) is 3. The Morgan fingerprint density at radius 1 is 0.893 bits per heavy atom. The van der Waals surface area contributed by atoms with E-state index in [4.69, 9.17) is 0 Å². The molecule has 0 saturated carbocycles. The zero-order valence-electron chi connectivity index (χ0n) is 15.7. The summed E-state index contributed by atoms with van der Waals surface area (Å²) in [5.74, 6) is 0. The number of aromatic nitrogens is 2. The average molecular weight is 385 g/mol. The van der Waals surface area contributed by atoms with Gasteiger partial charge in [-0.05, 0) is 47.2 Å². The summed E-state index contributed by atoms with van der Waals surface area (Å²) in [4.78, 5) is 22.7. The Morgan fingerprint density at radius 2 is 1.54 bits per heavy atom. The van der Waals surface area contributed by atoms with E-state index in [0.717, 1.165) is 44.7 Å². The molecule has 4 nitrogen and oxygen atoms in total. The Hall–Kier alpha value is -3.18. The molecule has 0 bridgehead atoms. The zero-order chi connectivity index (χ0) is 19.5. The number of thioether (sulfide) groups is 1. The molecule has 0 fully saturated rings. The van der Waals surface area contributed by atoms with Gasteiger partial charge in [-0.1, -0.05) is 48.6 Å². The largest absolute Gasteiger partial charge is 0.339 e. The number of carbonyl (C=O) groups excluding carboxylic acids is 1. The first-order chi connectivity index (χ1) is 13.6. The first-order valence-corrected chi connectivity index (χ1v) is 9.74. The quantitative estimate of drug-likeness (QED) is 0.423. The predicted octanol–water partition coefficient (Wildman–Crippen LogP) is 5.73. The lowest BCUT2D eigenvalue weighted by Gasteiger charge is -2.10. The van der Waals surface area contributed by atoms with Crippen LogP contribution >= 0.6 is 11.8 Å². The van der Waals surface area contributed by atoms with Crippen LogP contribution in [0.15, 0.2) is 71.9 Å². The first kappa shape index (κ1) is 18.2. The van der Waals surface area contributed by atoms with Crippen molar-refractivity contribution in [3.05, 3.63) is 78.0 Å². The fraction of sp³-hybridized carbons (Fsp3) is 0.0870. The summed E-state index contributed by atoms with van der Waals surface area (Å²) in [6, 6.07) is 20.0. The molecular formula is C23H19N3OS. The monoisotopic (exact) mass is 385 g/mol. The Labute approximate surface area is 167 Å². The van der Waals surface area contributed by atoms with Gasteiger partial charge in [-0.2, -0.15) is 0 Å². The second kappa shape index (κ2) is 7.82. The topological polar surface area (TPSA) is 46.1 Å². The van der Waals surface area contributed by atoms with Crippen LogP contribution in [0.2, 0.25) is 0 Å². The lowest BCUT2D eigenvalue weighted by molar-refractivity contribution is 0.241. The average Bonchev–Trinajstić information content (AvgIpc) is 2.71. The molecule has 0 unspecified atom stereocenters. The molecule has 0 aliphatic heterocycles. The summed E-state index contributed by atoms with van der Waals surface area (Å²) in [6.45, 7) is 0. The summed E-state index contributed by atoms with van der Waals surface area (Å²) in [5, 5.41) is 2.81. The molecule has 0 spiro atoms. The molecule has 0 radical (unpaired) electrons. The van der Waals surface area contributed by atoms with Crippen LogP contribution in [0.25, 0.3) is 34.0 Å². The van der Waals surface area contributed by atoms with E-state index >= 15 is 0 Å². The molecule has 28 heavy (non-hydrogen) atoms. The predicted molar refractivity (Wildman–Crippen MR) is 117 cm³/mol. The highest BCUT2D eigenvalue weighted by molar-refractivity contribution is 8.13. The van der Waals surface area contributed by atoms with Crippen LogP contribution in [-0.2, 0) is 0 Å². The Balaban J connectivity index is 1.78. The fourth-order valence-electron chi connectivity index (χ4n) is 2.99. The van der Waals surface area contributed by atoms with Crippen molar-refractivity contribution in [1.82, 2.24) is 14.9 Å². The number of benzene rings is 2. The zero-order valence-corrected chi connectivity index (χ0v) is 16.5. The number of para-hydroxylation sites is 2. The third-order valence-electron chi connectivity index (χ3n) is 4.41. The highest BCUT2D eigenvalue weighted by atomic mass is 32.2. The lowest BCUT2D eigenvalue weighted by atomic mass is 10.1. The van der Waals surface area contributed by atoms with E-state index < -0.39 is 0 Å². The van der Waals surface area contributed by atoms with E-state index in [0.29, 0.717) is 5.03 Å². The number of rotatable bonds is 3. The molecule has 138 valence electrons. The minimum absolute atomic E-state index is 0.0437. The van der Waals surface area contributed by atoms with Crippen LogP contribution in [0.5, 0.6) is 0 Å². The van der Waals surface area contributed by atoms with Crippen LogP contribution < -0.4 is 0 Å². The fourth-order valence-corrected chi connectivity index (χ4v) is 3.68. The Kier molecular flexibility index (Phi) is 5.08. The molecule has 2 aromatic heterocycles. The van der Waals surface area contributed by atoms with Crippen LogP contribution in [0.4, 0.5) is 4.79 Å². The maximum atomic E-state index is 12.1. The number of hydrogen-bond donors (Lipinski definition) is 0. The van der Waals surface area contributed by atoms with E-state index in [9.17, 15) is 4.79 Å². The van der Waals surface area contributed by atoms with Gasteiger partial charge in [-0.15, -0.1) is 0 Å². The van der Waals surface area contributed by atoms with Crippen LogP contribution in [0.3, 0.4) is 0 Å². The maximum Gasteiger partial charge on any atom is 0.287 e. The molecule has 4 rings (SSSR count). The standard InChI is InChI=1S/C23H19N3OS/c1-26(2)23(27)28-22-15-17(19-8-4-6-10-21(19)25-22)12-11-16-13-14-24-20-9-5-3-7-18(16)20/h3-15H,1-2H3/b12-11+. The second-order valence-electron chi connectivity index (χ2n) is 6.58. The molecule has 4 aromatic rings. The molecule has 2 heterocycles. The molecule has 0 aliphatic rings. The van der Waals surface area contributed by atoms with Crippen molar-refractivity contribution in [2.75, 3.05) is 14.1 Å². The summed E-state index contributed by atoms with van der Waals surface area (Å²) in [7, 11) is 3.48. The third-order valence-corrected chi connectivity index (χ3v) is 5.36. The van der Waals surface area contributed by atoms with Gasteiger partial charge < -0.3 is 4.90 Å².